The predicted octanol–water partition coefficient (Wildman–Crippen LogP) is 0.898. The lowest BCUT2D eigenvalue weighted by Gasteiger charge is -2.33. The molecule has 1 aliphatic heterocycles. The quantitative estimate of drug-likeness (QED) is 0.641. The number of halogens is 1. The molecule has 0 amide bonds. The normalized spacial score (nSPS) is 19.9. The number of rotatable bonds is 3. The summed E-state index contributed by atoms with van der Waals surface area (Å²) in [6.45, 7) is 1.68. The maximum Gasteiger partial charge on any atom is 0.292 e. The maximum absolute atomic E-state index is 13.2. The number of anilines is 1. The highest BCUT2D eigenvalue weighted by Gasteiger charge is 2.25. The first-order valence-corrected chi connectivity index (χ1v) is 5.62. The van der Waals surface area contributed by atoms with Crippen LogP contribution in [0.2, 0.25) is 0 Å². The lowest BCUT2D eigenvalue weighted by atomic mass is 10.2. The van der Waals surface area contributed by atoms with E-state index in [4.69, 9.17) is 10.5 Å². The van der Waals surface area contributed by atoms with E-state index in [0.717, 1.165) is 6.07 Å². The van der Waals surface area contributed by atoms with Crippen LogP contribution in [0.5, 0.6) is 0 Å². The van der Waals surface area contributed by atoms with E-state index in [-0.39, 0.29) is 17.5 Å². The number of ether oxygens (including phenoxy) is 1. The third-order valence-electron chi connectivity index (χ3n) is 2.88. The first-order valence-electron chi connectivity index (χ1n) is 5.62. The van der Waals surface area contributed by atoms with Gasteiger partial charge in [-0.25, -0.2) is 4.39 Å². The Morgan fingerprint density at radius 3 is 3.06 bits per heavy atom. The van der Waals surface area contributed by atoms with Gasteiger partial charge in [-0.2, -0.15) is 0 Å². The van der Waals surface area contributed by atoms with Gasteiger partial charge in [0.1, 0.15) is 11.5 Å². The summed E-state index contributed by atoms with van der Waals surface area (Å²) < 4.78 is 18.6. The highest BCUT2D eigenvalue weighted by Crippen LogP contribution is 2.30. The van der Waals surface area contributed by atoms with E-state index < -0.39 is 10.7 Å². The minimum atomic E-state index is -0.512. The standard InChI is InChI=1S/C11H14FN3O3/c12-8-1-2-10(15(16)17)11(5-8)14-3-4-18-9(6-13)7-14/h1-2,5,9H,3-4,6-7,13H2. The smallest absolute Gasteiger partial charge is 0.292 e. The van der Waals surface area contributed by atoms with Crippen LogP contribution in [-0.2, 0) is 4.74 Å². The third kappa shape index (κ3) is 2.57. The number of nitrogens with zero attached hydrogens (tertiary/aromatic N) is 2. The zero-order valence-corrected chi connectivity index (χ0v) is 9.71. The Bertz CT molecular complexity index is 455. The first kappa shape index (κ1) is 12.7. The fraction of sp³-hybridized carbons (Fsp3) is 0.455. The molecule has 1 atom stereocenters. The Morgan fingerprint density at radius 2 is 2.39 bits per heavy atom. The van der Waals surface area contributed by atoms with Crippen molar-refractivity contribution in [3.05, 3.63) is 34.1 Å². The molecule has 0 aliphatic carbocycles. The number of nitrogens with two attached hydrogens (primary N) is 1. The largest absolute Gasteiger partial charge is 0.373 e. The predicted molar refractivity (Wildman–Crippen MR) is 64.1 cm³/mol. The van der Waals surface area contributed by atoms with Gasteiger partial charge in [0, 0.05) is 31.8 Å². The van der Waals surface area contributed by atoms with E-state index in [9.17, 15) is 14.5 Å². The van der Waals surface area contributed by atoms with Gasteiger partial charge in [-0.3, -0.25) is 10.1 Å². The van der Waals surface area contributed by atoms with Gasteiger partial charge >= 0.3 is 0 Å². The Hall–Kier alpha value is -1.73. The van der Waals surface area contributed by atoms with Gasteiger partial charge in [0.05, 0.1) is 17.6 Å². The number of nitro groups is 1. The number of hydrogen-bond donors (Lipinski definition) is 1. The average molecular weight is 255 g/mol. The molecule has 1 unspecified atom stereocenters. The SMILES string of the molecule is NCC1CN(c2cc(F)ccc2[N+](=O)[O-])CCO1. The molecule has 2 N–H and O–H groups in total. The molecule has 1 saturated heterocycles. The van der Waals surface area contributed by atoms with Gasteiger partial charge in [0.15, 0.2) is 0 Å². The molecule has 98 valence electrons. The fourth-order valence-electron chi connectivity index (χ4n) is 1.99. The molecule has 0 radical (unpaired) electrons. The maximum atomic E-state index is 13.2. The Morgan fingerprint density at radius 1 is 1.61 bits per heavy atom. The second-order valence-electron chi connectivity index (χ2n) is 4.06. The molecular formula is C11H14FN3O3. The van der Waals surface area contributed by atoms with Crippen molar-refractivity contribution in [3.8, 4) is 0 Å². The molecule has 6 nitrogen and oxygen atoms in total. The molecule has 7 heteroatoms. The van der Waals surface area contributed by atoms with Crippen LogP contribution in [0.1, 0.15) is 0 Å². The van der Waals surface area contributed by atoms with E-state index in [0.29, 0.717) is 26.2 Å². The number of benzene rings is 1. The third-order valence-corrected chi connectivity index (χ3v) is 2.88. The summed E-state index contributed by atoms with van der Waals surface area (Å²) in [6, 6.07) is 3.44. The number of hydrogen-bond acceptors (Lipinski definition) is 5. The molecule has 1 heterocycles. The minimum absolute atomic E-state index is 0.103. The van der Waals surface area contributed by atoms with Crippen LogP contribution < -0.4 is 10.6 Å². The highest BCUT2D eigenvalue weighted by atomic mass is 19.1. The van der Waals surface area contributed by atoms with Crippen LogP contribution >= 0.6 is 0 Å². The van der Waals surface area contributed by atoms with Crippen LogP contribution in [0.15, 0.2) is 18.2 Å². The Labute approximate surface area is 103 Å². The molecule has 1 aromatic rings. The van der Waals surface area contributed by atoms with Gasteiger partial charge in [0.2, 0.25) is 0 Å². The molecule has 0 bridgehead atoms. The minimum Gasteiger partial charge on any atom is -0.373 e. The lowest BCUT2D eigenvalue weighted by molar-refractivity contribution is -0.384. The van der Waals surface area contributed by atoms with E-state index in [1.54, 1.807) is 4.90 Å². The highest BCUT2D eigenvalue weighted by molar-refractivity contribution is 5.63. The van der Waals surface area contributed by atoms with Crippen molar-refractivity contribution in [3.63, 3.8) is 0 Å². The number of morpholine rings is 1. The molecule has 1 aromatic carbocycles. The van der Waals surface area contributed by atoms with Crippen molar-refractivity contribution in [2.75, 3.05) is 31.1 Å². The van der Waals surface area contributed by atoms with E-state index in [2.05, 4.69) is 0 Å². The summed E-state index contributed by atoms with van der Waals surface area (Å²) in [5.41, 5.74) is 5.69. The van der Waals surface area contributed by atoms with Gasteiger partial charge in [-0.05, 0) is 6.07 Å². The van der Waals surface area contributed by atoms with Crippen molar-refractivity contribution < 1.29 is 14.1 Å². The van der Waals surface area contributed by atoms with Crippen LogP contribution in [0.3, 0.4) is 0 Å². The van der Waals surface area contributed by atoms with Crippen LogP contribution in [0, 0.1) is 15.9 Å². The van der Waals surface area contributed by atoms with Gasteiger partial charge < -0.3 is 15.4 Å². The van der Waals surface area contributed by atoms with Crippen molar-refractivity contribution in [2.45, 2.75) is 6.10 Å². The van der Waals surface area contributed by atoms with Crippen molar-refractivity contribution in [1.29, 1.82) is 0 Å². The molecule has 0 saturated carbocycles. The van der Waals surface area contributed by atoms with Gasteiger partial charge in [-0.1, -0.05) is 0 Å². The molecular weight excluding hydrogens is 241 g/mol. The topological polar surface area (TPSA) is 81.6 Å². The fourth-order valence-corrected chi connectivity index (χ4v) is 1.99. The molecule has 1 fully saturated rings. The van der Waals surface area contributed by atoms with Crippen molar-refractivity contribution in [1.82, 2.24) is 0 Å². The monoisotopic (exact) mass is 255 g/mol. The summed E-state index contributed by atoms with van der Waals surface area (Å²) >= 11 is 0. The summed E-state index contributed by atoms with van der Waals surface area (Å²) in [6.07, 6.45) is -0.179. The van der Waals surface area contributed by atoms with Crippen LogP contribution in [0.25, 0.3) is 0 Å². The van der Waals surface area contributed by atoms with Crippen LogP contribution in [0.4, 0.5) is 15.8 Å². The molecule has 0 aromatic heterocycles. The summed E-state index contributed by atoms with van der Waals surface area (Å²) in [5, 5.41) is 10.9. The Balaban J connectivity index is 2.31. The molecule has 1 aliphatic rings. The Kier molecular flexibility index (Phi) is 3.73. The van der Waals surface area contributed by atoms with E-state index >= 15 is 0 Å². The first-order chi connectivity index (χ1) is 8.61. The van der Waals surface area contributed by atoms with Crippen molar-refractivity contribution >= 4 is 11.4 Å². The van der Waals surface area contributed by atoms with E-state index in [1.165, 1.54) is 12.1 Å². The van der Waals surface area contributed by atoms with Gasteiger partial charge in [-0.15, -0.1) is 0 Å². The zero-order chi connectivity index (χ0) is 13.1. The van der Waals surface area contributed by atoms with E-state index in [1.807, 2.05) is 0 Å². The second-order valence-corrected chi connectivity index (χ2v) is 4.06. The summed E-state index contributed by atoms with van der Waals surface area (Å²) in [5.74, 6) is -0.494. The molecule has 18 heavy (non-hydrogen) atoms. The molecule has 0 spiro atoms. The lowest BCUT2D eigenvalue weighted by Crippen LogP contribution is -2.45. The second kappa shape index (κ2) is 5.28. The zero-order valence-electron chi connectivity index (χ0n) is 9.71. The van der Waals surface area contributed by atoms with Crippen LogP contribution in [-0.4, -0.2) is 37.3 Å². The summed E-state index contributed by atoms with van der Waals surface area (Å²) in [7, 11) is 0. The average Bonchev–Trinajstić information content (AvgIpc) is 2.38. The van der Waals surface area contributed by atoms with Gasteiger partial charge in [0.25, 0.3) is 5.69 Å². The summed E-state index contributed by atoms with van der Waals surface area (Å²) in [4.78, 5) is 12.2. The molecule has 2 rings (SSSR count). The number of nitro benzene ring substituents is 1. The van der Waals surface area contributed by atoms with Crippen molar-refractivity contribution in [2.24, 2.45) is 5.73 Å².